The van der Waals surface area contributed by atoms with Crippen LogP contribution in [0.1, 0.15) is 0 Å². The first kappa shape index (κ1) is 7.75. The van der Waals surface area contributed by atoms with E-state index >= 15 is 0 Å². The molecular weight excluding hydrogens is 142 g/mol. The molecule has 0 radical (unpaired) electrons. The van der Waals surface area contributed by atoms with Gasteiger partial charge in [-0.05, 0) is 12.2 Å². The molecule has 1 rings (SSSR count). The lowest BCUT2D eigenvalue weighted by atomic mass is 10.1. The van der Waals surface area contributed by atoms with Crippen molar-refractivity contribution in [1.82, 2.24) is 5.06 Å². The van der Waals surface area contributed by atoms with Crippen molar-refractivity contribution in [3.63, 3.8) is 0 Å². The van der Waals surface area contributed by atoms with Gasteiger partial charge in [0.15, 0.2) is 5.78 Å². The molecule has 0 aliphatic heterocycles. The van der Waals surface area contributed by atoms with Gasteiger partial charge in [-0.1, -0.05) is 12.2 Å². The Labute approximate surface area is 64.9 Å². The summed E-state index contributed by atoms with van der Waals surface area (Å²) in [6.07, 6.45) is 7.88. The monoisotopic (exact) mass is 151 g/mol. The molecule has 0 amide bonds. The van der Waals surface area contributed by atoms with E-state index in [0.717, 1.165) is 5.06 Å². The van der Waals surface area contributed by atoms with Gasteiger partial charge in [-0.2, -0.15) is 0 Å². The van der Waals surface area contributed by atoms with Crippen LogP contribution in [0.25, 0.3) is 0 Å². The summed E-state index contributed by atoms with van der Waals surface area (Å²) in [4.78, 5) is 11.0. The fourth-order valence-electron chi connectivity index (χ4n) is 0.788. The molecule has 0 fully saturated rings. The van der Waals surface area contributed by atoms with E-state index < -0.39 is 0 Å². The Morgan fingerprint density at radius 3 is 2.64 bits per heavy atom. The summed E-state index contributed by atoms with van der Waals surface area (Å²) in [6, 6.07) is 0. The topological polar surface area (TPSA) is 40.5 Å². The standard InChI is InChI=1S/C8H9NO2/c1-9(11)6-7-4-2-3-5-8(7)10/h2-6,11H,1H3/b7-6+. The number of hydrogen-bond acceptors (Lipinski definition) is 3. The average Bonchev–Trinajstić information content (AvgIpc) is 1.93. The third-order valence-electron chi connectivity index (χ3n) is 1.24. The van der Waals surface area contributed by atoms with E-state index in [-0.39, 0.29) is 5.78 Å². The molecular formula is C8H9NO2. The van der Waals surface area contributed by atoms with Crippen molar-refractivity contribution in [2.24, 2.45) is 0 Å². The number of hydrogen-bond donors (Lipinski definition) is 1. The Balaban J connectivity index is 2.81. The molecule has 58 valence electrons. The quantitative estimate of drug-likeness (QED) is 0.447. The highest BCUT2D eigenvalue weighted by Gasteiger charge is 2.04. The van der Waals surface area contributed by atoms with Crippen LogP contribution >= 0.6 is 0 Å². The molecule has 0 saturated heterocycles. The second kappa shape index (κ2) is 3.16. The molecule has 3 nitrogen and oxygen atoms in total. The van der Waals surface area contributed by atoms with Crippen LogP contribution in [-0.2, 0) is 4.79 Å². The van der Waals surface area contributed by atoms with E-state index in [4.69, 9.17) is 5.21 Å². The molecule has 11 heavy (non-hydrogen) atoms. The van der Waals surface area contributed by atoms with Crippen molar-refractivity contribution in [3.8, 4) is 0 Å². The fourth-order valence-corrected chi connectivity index (χ4v) is 0.788. The molecule has 0 aromatic rings. The van der Waals surface area contributed by atoms with Crippen LogP contribution in [0.4, 0.5) is 0 Å². The van der Waals surface area contributed by atoms with Crippen LogP contribution in [0, 0.1) is 0 Å². The Bertz CT molecular complexity index is 249. The number of hydroxylamine groups is 2. The molecule has 0 atom stereocenters. The van der Waals surface area contributed by atoms with Crippen LogP contribution in [0.5, 0.6) is 0 Å². The first-order chi connectivity index (χ1) is 5.20. The Morgan fingerprint density at radius 1 is 1.45 bits per heavy atom. The molecule has 0 unspecified atom stereocenters. The number of ketones is 1. The maximum Gasteiger partial charge on any atom is 0.187 e. The Hall–Kier alpha value is -1.35. The maximum atomic E-state index is 11.0. The van der Waals surface area contributed by atoms with E-state index in [1.54, 1.807) is 18.2 Å². The number of rotatable bonds is 1. The predicted octanol–water partition coefficient (Wildman–Crippen LogP) is 0.886. The van der Waals surface area contributed by atoms with Gasteiger partial charge in [-0.25, -0.2) is 0 Å². The minimum atomic E-state index is -0.0894. The van der Waals surface area contributed by atoms with Crippen molar-refractivity contribution in [1.29, 1.82) is 0 Å². The summed E-state index contributed by atoms with van der Waals surface area (Å²) in [7, 11) is 1.45. The lowest BCUT2D eigenvalue weighted by Crippen LogP contribution is -2.08. The zero-order chi connectivity index (χ0) is 8.27. The van der Waals surface area contributed by atoms with Gasteiger partial charge in [0.25, 0.3) is 0 Å². The zero-order valence-electron chi connectivity index (χ0n) is 6.19. The summed E-state index contributed by atoms with van der Waals surface area (Å²) in [5, 5.41) is 9.63. The van der Waals surface area contributed by atoms with Gasteiger partial charge < -0.3 is 0 Å². The molecule has 0 aromatic heterocycles. The molecule has 0 bridgehead atoms. The molecule has 1 aliphatic rings. The fraction of sp³-hybridized carbons (Fsp3) is 0.125. The Kier molecular flexibility index (Phi) is 2.23. The second-order valence-corrected chi connectivity index (χ2v) is 2.24. The molecule has 1 aliphatic carbocycles. The van der Waals surface area contributed by atoms with Crippen molar-refractivity contribution in [3.05, 3.63) is 36.1 Å². The van der Waals surface area contributed by atoms with Crippen molar-refractivity contribution in [2.75, 3.05) is 7.05 Å². The highest BCUT2D eigenvalue weighted by atomic mass is 16.5. The van der Waals surface area contributed by atoms with Gasteiger partial charge in [0.05, 0.1) is 0 Å². The van der Waals surface area contributed by atoms with E-state index in [9.17, 15) is 4.79 Å². The van der Waals surface area contributed by atoms with Gasteiger partial charge in [0.2, 0.25) is 0 Å². The van der Waals surface area contributed by atoms with Crippen LogP contribution in [0.3, 0.4) is 0 Å². The summed E-state index contributed by atoms with van der Waals surface area (Å²) in [6.45, 7) is 0. The SMILES string of the molecule is CN(O)/C=C1\C=CC=CC1=O. The molecule has 1 N–H and O–H groups in total. The van der Waals surface area contributed by atoms with E-state index in [1.807, 2.05) is 0 Å². The molecule has 0 spiro atoms. The van der Waals surface area contributed by atoms with Crippen LogP contribution in [0.2, 0.25) is 0 Å². The van der Waals surface area contributed by atoms with Gasteiger partial charge >= 0.3 is 0 Å². The normalized spacial score (nSPS) is 19.5. The zero-order valence-corrected chi connectivity index (χ0v) is 6.19. The van der Waals surface area contributed by atoms with E-state index in [0.29, 0.717) is 5.57 Å². The lowest BCUT2D eigenvalue weighted by molar-refractivity contribution is -0.111. The minimum Gasteiger partial charge on any atom is -0.289 e. The largest absolute Gasteiger partial charge is 0.289 e. The number of allylic oxidation sites excluding steroid dienone is 5. The van der Waals surface area contributed by atoms with Crippen molar-refractivity contribution >= 4 is 5.78 Å². The van der Waals surface area contributed by atoms with E-state index in [2.05, 4.69) is 0 Å². The molecule has 0 aromatic carbocycles. The van der Waals surface area contributed by atoms with Crippen molar-refractivity contribution in [2.45, 2.75) is 0 Å². The van der Waals surface area contributed by atoms with Crippen LogP contribution in [0.15, 0.2) is 36.1 Å². The lowest BCUT2D eigenvalue weighted by Gasteiger charge is -2.05. The van der Waals surface area contributed by atoms with Crippen molar-refractivity contribution < 1.29 is 10.0 Å². The summed E-state index contributed by atoms with van der Waals surface area (Å²) in [5.41, 5.74) is 0.484. The first-order valence-corrected chi connectivity index (χ1v) is 3.23. The maximum absolute atomic E-state index is 11.0. The second-order valence-electron chi connectivity index (χ2n) is 2.24. The van der Waals surface area contributed by atoms with Crippen LogP contribution in [-0.4, -0.2) is 23.1 Å². The highest BCUT2D eigenvalue weighted by Crippen LogP contribution is 2.05. The highest BCUT2D eigenvalue weighted by molar-refractivity contribution is 6.07. The number of carbonyl (C=O) groups is 1. The number of nitrogens with zero attached hydrogens (tertiary/aromatic N) is 1. The smallest absolute Gasteiger partial charge is 0.187 e. The van der Waals surface area contributed by atoms with Gasteiger partial charge in [0, 0.05) is 18.8 Å². The number of carbonyl (C=O) groups excluding carboxylic acids is 1. The first-order valence-electron chi connectivity index (χ1n) is 3.23. The summed E-state index contributed by atoms with van der Waals surface area (Å²) >= 11 is 0. The molecule has 0 saturated carbocycles. The third-order valence-corrected chi connectivity index (χ3v) is 1.24. The molecule has 3 heteroatoms. The predicted molar refractivity (Wildman–Crippen MR) is 40.9 cm³/mol. The summed E-state index contributed by atoms with van der Waals surface area (Å²) in [5.74, 6) is -0.0894. The Morgan fingerprint density at radius 2 is 2.09 bits per heavy atom. The molecule has 0 heterocycles. The minimum absolute atomic E-state index is 0.0894. The van der Waals surface area contributed by atoms with Gasteiger partial charge in [0.1, 0.15) is 0 Å². The average molecular weight is 151 g/mol. The summed E-state index contributed by atoms with van der Waals surface area (Å²) < 4.78 is 0. The van der Waals surface area contributed by atoms with Gasteiger partial charge in [-0.15, -0.1) is 0 Å². The third kappa shape index (κ3) is 2.05. The van der Waals surface area contributed by atoms with Gasteiger partial charge in [-0.3, -0.25) is 15.1 Å². The van der Waals surface area contributed by atoms with E-state index in [1.165, 1.54) is 19.3 Å². The van der Waals surface area contributed by atoms with Crippen LogP contribution < -0.4 is 0 Å².